The SMILES string of the molecule is CC(C)(Nc1nc(N[C@H]2CC[C@H](OC(F)F)CC2)ncc1C(N)=O)C1CC1. The Labute approximate surface area is 157 Å². The number of hydrogen-bond acceptors (Lipinski definition) is 6. The van der Waals surface area contributed by atoms with E-state index in [4.69, 9.17) is 5.73 Å². The molecule has 27 heavy (non-hydrogen) atoms. The Kier molecular flexibility index (Phi) is 5.78. The summed E-state index contributed by atoms with van der Waals surface area (Å²) in [4.78, 5) is 20.4. The van der Waals surface area contributed by atoms with Gasteiger partial charge in [0.05, 0.1) is 11.7 Å². The van der Waals surface area contributed by atoms with Gasteiger partial charge in [-0.25, -0.2) is 4.98 Å². The predicted molar refractivity (Wildman–Crippen MR) is 97.7 cm³/mol. The van der Waals surface area contributed by atoms with Gasteiger partial charge in [0, 0.05) is 17.8 Å². The average molecular weight is 383 g/mol. The molecule has 1 heterocycles. The van der Waals surface area contributed by atoms with Gasteiger partial charge in [0.25, 0.3) is 5.91 Å². The number of ether oxygens (including phenoxy) is 1. The second-order valence-electron chi connectivity index (χ2n) is 7.96. The van der Waals surface area contributed by atoms with Gasteiger partial charge in [-0.05, 0) is 58.3 Å². The first-order chi connectivity index (χ1) is 12.7. The lowest BCUT2D eigenvalue weighted by Crippen LogP contribution is -2.35. The molecule has 0 radical (unpaired) electrons. The lowest BCUT2D eigenvalue weighted by molar-refractivity contribution is -0.169. The number of anilines is 2. The van der Waals surface area contributed by atoms with Gasteiger partial charge in [-0.1, -0.05) is 0 Å². The van der Waals surface area contributed by atoms with Crippen LogP contribution >= 0.6 is 0 Å². The van der Waals surface area contributed by atoms with Crippen molar-refractivity contribution in [2.75, 3.05) is 10.6 Å². The Morgan fingerprint density at radius 3 is 2.48 bits per heavy atom. The van der Waals surface area contributed by atoms with Crippen LogP contribution in [0, 0.1) is 5.92 Å². The second kappa shape index (κ2) is 7.92. The summed E-state index contributed by atoms with van der Waals surface area (Å²) in [6.07, 6.45) is 5.80. The third-order valence-electron chi connectivity index (χ3n) is 5.40. The number of nitrogens with two attached hydrogens (primary N) is 1. The van der Waals surface area contributed by atoms with E-state index in [1.807, 2.05) is 0 Å². The van der Waals surface area contributed by atoms with Crippen molar-refractivity contribution in [3.05, 3.63) is 11.8 Å². The molecule has 1 aromatic heterocycles. The summed E-state index contributed by atoms with van der Waals surface area (Å²) in [5.74, 6) is 0.772. The molecule has 2 fully saturated rings. The number of alkyl halides is 2. The third kappa shape index (κ3) is 5.24. The molecule has 1 amide bonds. The molecule has 3 rings (SSSR count). The minimum atomic E-state index is -2.73. The molecule has 4 N–H and O–H groups in total. The molecule has 0 atom stereocenters. The number of carbonyl (C=O) groups excluding carboxylic acids is 1. The first-order valence-corrected chi connectivity index (χ1v) is 9.40. The summed E-state index contributed by atoms with van der Waals surface area (Å²) >= 11 is 0. The summed E-state index contributed by atoms with van der Waals surface area (Å²) in [7, 11) is 0. The first-order valence-electron chi connectivity index (χ1n) is 9.40. The largest absolute Gasteiger partial charge is 0.365 e. The molecular weight excluding hydrogens is 356 g/mol. The second-order valence-corrected chi connectivity index (χ2v) is 7.96. The predicted octanol–water partition coefficient (Wildman–Crippen LogP) is 3.14. The Hall–Kier alpha value is -2.03. The molecule has 0 aliphatic heterocycles. The molecule has 0 spiro atoms. The van der Waals surface area contributed by atoms with Crippen molar-refractivity contribution in [1.82, 2.24) is 9.97 Å². The number of hydrogen-bond donors (Lipinski definition) is 3. The van der Waals surface area contributed by atoms with Crippen molar-refractivity contribution in [2.45, 2.75) is 76.7 Å². The maximum atomic E-state index is 12.3. The zero-order chi connectivity index (χ0) is 19.6. The molecule has 2 saturated carbocycles. The molecular formula is C18H27F2N5O2. The van der Waals surface area contributed by atoms with Gasteiger partial charge < -0.3 is 21.1 Å². The van der Waals surface area contributed by atoms with E-state index in [0.29, 0.717) is 43.4 Å². The topological polar surface area (TPSA) is 102 Å². The highest BCUT2D eigenvalue weighted by Gasteiger charge is 2.38. The number of halogens is 2. The van der Waals surface area contributed by atoms with E-state index < -0.39 is 18.6 Å². The summed E-state index contributed by atoms with van der Waals surface area (Å²) in [6.45, 7) is 1.43. The highest BCUT2D eigenvalue weighted by Crippen LogP contribution is 2.41. The van der Waals surface area contributed by atoms with Crippen molar-refractivity contribution in [3.8, 4) is 0 Å². The summed E-state index contributed by atoms with van der Waals surface area (Å²) in [5.41, 5.74) is 5.52. The van der Waals surface area contributed by atoms with Crippen molar-refractivity contribution in [2.24, 2.45) is 11.7 Å². The highest BCUT2D eigenvalue weighted by atomic mass is 19.3. The fraction of sp³-hybridized carbons (Fsp3) is 0.722. The van der Waals surface area contributed by atoms with Crippen molar-refractivity contribution in [3.63, 3.8) is 0 Å². The molecule has 0 unspecified atom stereocenters. The lowest BCUT2D eigenvalue weighted by atomic mass is 9.93. The van der Waals surface area contributed by atoms with Gasteiger partial charge in [-0.3, -0.25) is 4.79 Å². The third-order valence-corrected chi connectivity index (χ3v) is 5.40. The normalized spacial score (nSPS) is 23.3. The Morgan fingerprint density at radius 2 is 1.93 bits per heavy atom. The van der Waals surface area contributed by atoms with Crippen LogP contribution in [0.2, 0.25) is 0 Å². The van der Waals surface area contributed by atoms with Crippen LogP contribution in [0.1, 0.15) is 62.7 Å². The van der Waals surface area contributed by atoms with Gasteiger partial charge >= 0.3 is 6.61 Å². The van der Waals surface area contributed by atoms with Crippen LogP contribution in [-0.2, 0) is 4.74 Å². The number of nitrogens with one attached hydrogen (secondary N) is 2. The van der Waals surface area contributed by atoms with E-state index in [9.17, 15) is 13.6 Å². The van der Waals surface area contributed by atoms with Crippen LogP contribution in [0.3, 0.4) is 0 Å². The average Bonchev–Trinajstić information content (AvgIpc) is 3.41. The van der Waals surface area contributed by atoms with Crippen molar-refractivity contribution in [1.29, 1.82) is 0 Å². The molecule has 7 nitrogen and oxygen atoms in total. The Balaban J connectivity index is 1.66. The standard InChI is InChI=1S/C18H27F2N5O2/c1-18(2,10-3-4-10)25-15-13(14(21)26)9-22-17(24-15)23-11-5-7-12(8-6-11)27-16(19)20/h9-12,16H,3-8H2,1-2H3,(H2,21,26)(H2,22,23,24,25)/t11-,12-. The van der Waals surface area contributed by atoms with E-state index in [1.54, 1.807) is 0 Å². The summed E-state index contributed by atoms with van der Waals surface area (Å²) in [5, 5.41) is 6.58. The van der Waals surface area contributed by atoms with Gasteiger partial charge in [0.2, 0.25) is 5.95 Å². The fourth-order valence-corrected chi connectivity index (χ4v) is 3.61. The monoisotopic (exact) mass is 383 g/mol. The number of primary amides is 1. The number of rotatable bonds is 8. The molecule has 0 bridgehead atoms. The number of nitrogens with zero attached hydrogens (tertiary/aromatic N) is 2. The maximum Gasteiger partial charge on any atom is 0.345 e. The van der Waals surface area contributed by atoms with Gasteiger partial charge in [0.1, 0.15) is 5.82 Å². The summed E-state index contributed by atoms with van der Waals surface area (Å²) in [6, 6.07) is 0.0752. The first kappa shape index (κ1) is 19.7. The Bertz CT molecular complexity index is 674. The van der Waals surface area contributed by atoms with Gasteiger partial charge in [0.15, 0.2) is 0 Å². The molecule has 9 heteroatoms. The van der Waals surface area contributed by atoms with Crippen LogP contribution in [0.5, 0.6) is 0 Å². The van der Waals surface area contributed by atoms with Gasteiger partial charge in [-0.2, -0.15) is 13.8 Å². The zero-order valence-electron chi connectivity index (χ0n) is 15.7. The maximum absolute atomic E-state index is 12.3. The molecule has 0 aromatic carbocycles. The molecule has 2 aliphatic rings. The quantitative estimate of drug-likeness (QED) is 0.637. The van der Waals surface area contributed by atoms with Crippen molar-refractivity contribution < 1.29 is 18.3 Å². The smallest absolute Gasteiger partial charge is 0.345 e. The van der Waals surface area contributed by atoms with Crippen LogP contribution < -0.4 is 16.4 Å². The van der Waals surface area contributed by atoms with Crippen molar-refractivity contribution >= 4 is 17.7 Å². The van der Waals surface area contributed by atoms with Crippen LogP contribution in [0.15, 0.2) is 6.20 Å². The number of carbonyl (C=O) groups is 1. The van der Waals surface area contributed by atoms with E-state index in [1.165, 1.54) is 6.20 Å². The molecule has 2 aliphatic carbocycles. The number of aromatic nitrogens is 2. The van der Waals surface area contributed by atoms with Crippen LogP contribution in [-0.4, -0.2) is 40.2 Å². The lowest BCUT2D eigenvalue weighted by Gasteiger charge is -2.30. The Morgan fingerprint density at radius 1 is 1.26 bits per heavy atom. The zero-order valence-corrected chi connectivity index (χ0v) is 15.7. The fourth-order valence-electron chi connectivity index (χ4n) is 3.61. The van der Waals surface area contributed by atoms with E-state index >= 15 is 0 Å². The van der Waals surface area contributed by atoms with E-state index in [0.717, 1.165) is 12.8 Å². The molecule has 1 aromatic rings. The molecule has 0 saturated heterocycles. The summed E-state index contributed by atoms with van der Waals surface area (Å²) < 4.78 is 29.2. The minimum absolute atomic E-state index is 0.0752. The van der Waals surface area contributed by atoms with Crippen LogP contribution in [0.4, 0.5) is 20.5 Å². The minimum Gasteiger partial charge on any atom is -0.365 e. The molecule has 150 valence electrons. The number of amides is 1. The van der Waals surface area contributed by atoms with Gasteiger partial charge in [-0.15, -0.1) is 0 Å². The van der Waals surface area contributed by atoms with E-state index in [-0.39, 0.29) is 17.1 Å². The highest BCUT2D eigenvalue weighted by molar-refractivity contribution is 5.97. The van der Waals surface area contributed by atoms with E-state index in [2.05, 4.69) is 39.2 Å². The van der Waals surface area contributed by atoms with Crippen LogP contribution in [0.25, 0.3) is 0 Å².